The summed E-state index contributed by atoms with van der Waals surface area (Å²) >= 11 is 18.5. The van der Waals surface area contributed by atoms with Crippen LogP contribution in [0.5, 0.6) is 0 Å². The average molecular weight is 519 g/mol. The zero-order valence-electron chi connectivity index (χ0n) is 12.0. The van der Waals surface area contributed by atoms with Crippen LogP contribution >= 0.6 is 58.0 Å². The van der Waals surface area contributed by atoms with Gasteiger partial charge in [-0.3, -0.25) is 10.1 Å². The quantitative estimate of drug-likeness (QED) is 0.393. The standard InChI is InChI=1S/C15H8Cl2F3IN2OS/c16-7-1-4-12(10(5-7)15(18,19)20)22-14(25)23-13(24)9-6-8(21)2-3-11(9)17/h1-6H,(H2,22,23,24,25). The minimum Gasteiger partial charge on any atom is -0.332 e. The molecule has 0 heterocycles. The van der Waals surface area contributed by atoms with Crippen molar-refractivity contribution in [3.8, 4) is 0 Å². The van der Waals surface area contributed by atoms with E-state index in [0.29, 0.717) is 0 Å². The Morgan fingerprint density at radius 2 is 1.80 bits per heavy atom. The van der Waals surface area contributed by atoms with Crippen LogP contribution in [-0.4, -0.2) is 11.0 Å². The van der Waals surface area contributed by atoms with E-state index in [9.17, 15) is 18.0 Å². The molecule has 132 valence electrons. The summed E-state index contributed by atoms with van der Waals surface area (Å²) in [5.41, 5.74) is -1.16. The van der Waals surface area contributed by atoms with Crippen molar-refractivity contribution in [1.82, 2.24) is 5.32 Å². The van der Waals surface area contributed by atoms with E-state index in [0.717, 1.165) is 15.7 Å². The van der Waals surface area contributed by atoms with E-state index >= 15 is 0 Å². The van der Waals surface area contributed by atoms with Gasteiger partial charge in [-0.2, -0.15) is 13.2 Å². The van der Waals surface area contributed by atoms with Crippen molar-refractivity contribution < 1.29 is 18.0 Å². The highest BCUT2D eigenvalue weighted by molar-refractivity contribution is 14.1. The van der Waals surface area contributed by atoms with Gasteiger partial charge < -0.3 is 5.32 Å². The molecule has 0 unspecified atom stereocenters. The third-order valence-corrected chi connectivity index (χ3v) is 4.38. The predicted molar refractivity (Wildman–Crippen MR) is 104 cm³/mol. The molecule has 3 nitrogen and oxygen atoms in total. The lowest BCUT2D eigenvalue weighted by Gasteiger charge is -2.16. The van der Waals surface area contributed by atoms with Gasteiger partial charge in [-0.05, 0) is 71.2 Å². The van der Waals surface area contributed by atoms with Crippen molar-refractivity contribution >= 4 is 74.7 Å². The van der Waals surface area contributed by atoms with Gasteiger partial charge in [0, 0.05) is 8.59 Å². The number of benzene rings is 2. The first-order valence-corrected chi connectivity index (χ1v) is 8.76. The van der Waals surface area contributed by atoms with Gasteiger partial charge in [-0.15, -0.1) is 0 Å². The molecule has 0 aromatic heterocycles. The Balaban J connectivity index is 2.18. The number of hydrogen-bond donors (Lipinski definition) is 2. The van der Waals surface area contributed by atoms with Gasteiger partial charge in [-0.1, -0.05) is 23.2 Å². The zero-order chi connectivity index (χ0) is 18.8. The molecule has 0 saturated carbocycles. The second-order valence-corrected chi connectivity index (χ2v) is 7.22. The molecule has 10 heteroatoms. The van der Waals surface area contributed by atoms with E-state index in [4.69, 9.17) is 35.4 Å². The van der Waals surface area contributed by atoms with Crippen LogP contribution in [0.25, 0.3) is 0 Å². The summed E-state index contributed by atoms with van der Waals surface area (Å²) in [5, 5.41) is 4.48. The molecule has 0 spiro atoms. The predicted octanol–water partition coefficient (Wildman–Crippen LogP) is 5.74. The molecule has 2 N–H and O–H groups in total. The molecule has 2 aromatic rings. The minimum absolute atomic E-state index is 0.0709. The first-order chi connectivity index (χ1) is 11.6. The molecule has 0 aliphatic carbocycles. The van der Waals surface area contributed by atoms with Crippen molar-refractivity contribution in [2.45, 2.75) is 6.18 Å². The molecule has 0 atom stereocenters. The van der Waals surface area contributed by atoms with Gasteiger partial charge in [0.2, 0.25) is 0 Å². The van der Waals surface area contributed by atoms with E-state index in [1.807, 2.05) is 22.6 Å². The van der Waals surface area contributed by atoms with Crippen molar-refractivity contribution in [3.05, 3.63) is 61.1 Å². The maximum Gasteiger partial charge on any atom is 0.418 e. The summed E-state index contributed by atoms with van der Waals surface area (Å²) < 4.78 is 39.9. The second kappa shape index (κ2) is 8.07. The number of hydrogen-bond acceptors (Lipinski definition) is 2. The fourth-order valence-corrected chi connectivity index (χ4v) is 2.92. The fourth-order valence-electron chi connectivity index (χ4n) is 1.86. The van der Waals surface area contributed by atoms with E-state index in [1.165, 1.54) is 18.2 Å². The summed E-state index contributed by atoms with van der Waals surface area (Å²) in [7, 11) is 0. The van der Waals surface area contributed by atoms with Gasteiger partial charge >= 0.3 is 6.18 Å². The van der Waals surface area contributed by atoms with Gasteiger partial charge in [0.15, 0.2) is 5.11 Å². The normalized spacial score (nSPS) is 11.1. The van der Waals surface area contributed by atoms with Gasteiger partial charge in [0.25, 0.3) is 5.91 Å². The molecule has 0 saturated heterocycles. The lowest BCUT2D eigenvalue weighted by atomic mass is 10.1. The highest BCUT2D eigenvalue weighted by atomic mass is 127. The molecule has 1 amide bonds. The first kappa shape index (κ1) is 20.2. The van der Waals surface area contributed by atoms with Crippen LogP contribution in [0.3, 0.4) is 0 Å². The van der Waals surface area contributed by atoms with Crippen molar-refractivity contribution in [3.63, 3.8) is 0 Å². The molecule has 2 rings (SSSR count). The number of nitrogens with one attached hydrogen (secondary N) is 2. The molecule has 0 radical (unpaired) electrons. The summed E-state index contributed by atoms with van der Waals surface area (Å²) in [5.74, 6) is -0.636. The molecule has 0 fully saturated rings. The summed E-state index contributed by atoms with van der Waals surface area (Å²) in [6, 6.07) is 7.95. The monoisotopic (exact) mass is 518 g/mol. The molecule has 2 aromatic carbocycles. The van der Waals surface area contributed by atoms with Gasteiger partial charge in [-0.25, -0.2) is 0 Å². The van der Waals surface area contributed by atoms with Crippen molar-refractivity contribution in [2.75, 3.05) is 5.32 Å². The first-order valence-electron chi connectivity index (χ1n) is 6.52. The number of halogens is 6. The minimum atomic E-state index is -4.63. The van der Waals surface area contributed by atoms with Crippen LogP contribution in [0, 0.1) is 3.57 Å². The number of thiocarbonyl (C=S) groups is 1. The number of rotatable bonds is 2. The largest absolute Gasteiger partial charge is 0.418 e. The molecule has 0 bridgehead atoms. The fraction of sp³-hybridized carbons (Fsp3) is 0.0667. The lowest BCUT2D eigenvalue weighted by Crippen LogP contribution is -2.34. The lowest BCUT2D eigenvalue weighted by molar-refractivity contribution is -0.136. The molecular formula is C15H8Cl2F3IN2OS. The Morgan fingerprint density at radius 1 is 1.12 bits per heavy atom. The Kier molecular flexibility index (Phi) is 6.52. The molecular weight excluding hydrogens is 511 g/mol. The van der Waals surface area contributed by atoms with E-state index in [-0.39, 0.29) is 26.4 Å². The van der Waals surface area contributed by atoms with Crippen LogP contribution in [0.2, 0.25) is 10.0 Å². The third-order valence-electron chi connectivity index (χ3n) is 2.94. The van der Waals surface area contributed by atoms with E-state index in [2.05, 4.69) is 10.6 Å². The van der Waals surface area contributed by atoms with Crippen molar-refractivity contribution in [1.29, 1.82) is 0 Å². The second-order valence-electron chi connectivity index (χ2n) is 4.72. The highest BCUT2D eigenvalue weighted by Gasteiger charge is 2.34. The number of anilines is 1. The number of carbonyl (C=O) groups is 1. The van der Waals surface area contributed by atoms with Crippen LogP contribution in [0.1, 0.15) is 15.9 Å². The smallest absolute Gasteiger partial charge is 0.332 e. The number of alkyl halides is 3. The van der Waals surface area contributed by atoms with Crippen LogP contribution in [0.15, 0.2) is 36.4 Å². The summed E-state index contributed by atoms with van der Waals surface area (Å²) in [4.78, 5) is 12.2. The Bertz CT molecular complexity index is 846. The van der Waals surface area contributed by atoms with E-state index < -0.39 is 17.6 Å². The zero-order valence-corrected chi connectivity index (χ0v) is 16.5. The molecule has 25 heavy (non-hydrogen) atoms. The van der Waals surface area contributed by atoms with Gasteiger partial charge in [0.05, 0.1) is 21.8 Å². The van der Waals surface area contributed by atoms with E-state index in [1.54, 1.807) is 6.07 Å². The third kappa shape index (κ3) is 5.44. The number of carbonyl (C=O) groups excluding carboxylic acids is 1. The van der Waals surface area contributed by atoms with Crippen LogP contribution in [-0.2, 0) is 6.18 Å². The van der Waals surface area contributed by atoms with Crippen LogP contribution in [0.4, 0.5) is 18.9 Å². The average Bonchev–Trinajstić information content (AvgIpc) is 2.50. The SMILES string of the molecule is O=C(NC(=S)Nc1ccc(Cl)cc1C(F)(F)F)c1cc(I)ccc1Cl. The number of amides is 1. The summed E-state index contributed by atoms with van der Waals surface area (Å²) in [6.07, 6.45) is -4.63. The topological polar surface area (TPSA) is 41.1 Å². The Morgan fingerprint density at radius 3 is 2.44 bits per heavy atom. The van der Waals surface area contributed by atoms with Crippen LogP contribution < -0.4 is 10.6 Å². The molecule has 0 aliphatic heterocycles. The maximum atomic E-state index is 13.1. The van der Waals surface area contributed by atoms with Crippen molar-refractivity contribution in [2.24, 2.45) is 0 Å². The van der Waals surface area contributed by atoms with Gasteiger partial charge in [0.1, 0.15) is 0 Å². The Labute approximate surface area is 170 Å². The Hall–Kier alpha value is -1.10. The molecule has 0 aliphatic rings. The highest BCUT2D eigenvalue weighted by Crippen LogP contribution is 2.36. The summed E-state index contributed by atoms with van der Waals surface area (Å²) in [6.45, 7) is 0. The maximum absolute atomic E-state index is 13.1.